The van der Waals surface area contributed by atoms with Crippen LogP contribution in [0.15, 0.2) is 0 Å². The molecule has 0 saturated heterocycles. The van der Waals surface area contributed by atoms with E-state index in [0.717, 1.165) is 25.2 Å². The maximum Gasteiger partial charge on any atom is 0.106 e. The van der Waals surface area contributed by atoms with Crippen molar-refractivity contribution in [1.82, 2.24) is 14.9 Å². The highest BCUT2D eigenvalue weighted by molar-refractivity contribution is 5.20. The third-order valence-electron chi connectivity index (χ3n) is 3.75. The lowest BCUT2D eigenvalue weighted by molar-refractivity contribution is 0.148. The first kappa shape index (κ1) is 14.5. The predicted octanol–water partition coefficient (Wildman–Crippen LogP) is 1.68. The molecule has 1 atom stereocenters. The summed E-state index contributed by atoms with van der Waals surface area (Å²) in [5, 5.41) is 13.5. The first-order valence-electron chi connectivity index (χ1n) is 7.51. The van der Waals surface area contributed by atoms with Crippen molar-refractivity contribution < 1.29 is 5.11 Å². The second-order valence-corrected chi connectivity index (χ2v) is 6.08. The standard InChI is InChI=1S/C15H27N3O/c1-11(2)8-16-9-13(19)10-18-12(3)17-14-6-4-5-7-15(14)18/h11,13,16,19H,4-10H2,1-3H3. The van der Waals surface area contributed by atoms with Crippen LogP contribution in [0.25, 0.3) is 0 Å². The zero-order valence-corrected chi connectivity index (χ0v) is 12.4. The van der Waals surface area contributed by atoms with Crippen molar-refractivity contribution >= 4 is 0 Å². The Balaban J connectivity index is 1.93. The number of hydrogen-bond donors (Lipinski definition) is 2. The highest BCUT2D eigenvalue weighted by atomic mass is 16.3. The van der Waals surface area contributed by atoms with E-state index >= 15 is 0 Å². The molecule has 1 aliphatic rings. The first-order chi connectivity index (χ1) is 9.08. The van der Waals surface area contributed by atoms with E-state index in [-0.39, 0.29) is 6.10 Å². The number of nitrogens with one attached hydrogen (secondary N) is 1. The van der Waals surface area contributed by atoms with Crippen LogP contribution in [0.2, 0.25) is 0 Å². The Labute approximate surface area is 116 Å². The maximum absolute atomic E-state index is 10.1. The number of imidazole rings is 1. The molecule has 0 aliphatic heterocycles. The summed E-state index contributed by atoms with van der Waals surface area (Å²) in [5.74, 6) is 1.67. The number of rotatable bonds is 6. The van der Waals surface area contributed by atoms with Gasteiger partial charge in [0.2, 0.25) is 0 Å². The first-order valence-corrected chi connectivity index (χ1v) is 7.51. The lowest BCUT2D eigenvalue weighted by atomic mass is 10.0. The lowest BCUT2D eigenvalue weighted by Gasteiger charge is -2.18. The van der Waals surface area contributed by atoms with E-state index in [1.807, 2.05) is 6.92 Å². The summed E-state index contributed by atoms with van der Waals surface area (Å²) < 4.78 is 2.22. The second-order valence-electron chi connectivity index (χ2n) is 6.08. The Morgan fingerprint density at radius 1 is 1.26 bits per heavy atom. The molecule has 4 nitrogen and oxygen atoms in total. The summed E-state index contributed by atoms with van der Waals surface area (Å²) in [4.78, 5) is 4.64. The van der Waals surface area contributed by atoms with Gasteiger partial charge < -0.3 is 15.0 Å². The highest BCUT2D eigenvalue weighted by Crippen LogP contribution is 2.22. The van der Waals surface area contributed by atoms with Crippen molar-refractivity contribution in [3.8, 4) is 0 Å². The van der Waals surface area contributed by atoms with Gasteiger partial charge in [0.05, 0.1) is 18.3 Å². The summed E-state index contributed by atoms with van der Waals surface area (Å²) >= 11 is 0. The van der Waals surface area contributed by atoms with Crippen molar-refractivity contribution in [2.75, 3.05) is 13.1 Å². The number of hydrogen-bond acceptors (Lipinski definition) is 3. The fraction of sp³-hybridized carbons (Fsp3) is 0.800. The SMILES string of the molecule is Cc1nc2c(n1CC(O)CNCC(C)C)CCCC2. The molecule has 0 spiro atoms. The molecule has 19 heavy (non-hydrogen) atoms. The fourth-order valence-corrected chi connectivity index (χ4v) is 2.79. The van der Waals surface area contributed by atoms with Gasteiger partial charge in [-0.05, 0) is 45.1 Å². The Bertz CT molecular complexity index is 412. The number of aliphatic hydroxyl groups excluding tert-OH is 1. The average molecular weight is 265 g/mol. The molecule has 2 rings (SSSR count). The molecule has 0 amide bonds. The predicted molar refractivity (Wildman–Crippen MR) is 77.3 cm³/mol. The molecule has 0 bridgehead atoms. The van der Waals surface area contributed by atoms with E-state index in [0.29, 0.717) is 19.0 Å². The van der Waals surface area contributed by atoms with Crippen LogP contribution in [-0.4, -0.2) is 33.9 Å². The molecule has 1 aliphatic carbocycles. The third kappa shape index (κ3) is 3.80. The minimum absolute atomic E-state index is 0.335. The van der Waals surface area contributed by atoms with Gasteiger partial charge in [0.15, 0.2) is 0 Å². The van der Waals surface area contributed by atoms with Crippen LogP contribution in [0, 0.1) is 12.8 Å². The Morgan fingerprint density at radius 2 is 2.00 bits per heavy atom. The number of aliphatic hydroxyl groups is 1. The van der Waals surface area contributed by atoms with Gasteiger partial charge in [-0.25, -0.2) is 4.98 Å². The van der Waals surface area contributed by atoms with Crippen LogP contribution < -0.4 is 5.32 Å². The second kappa shape index (κ2) is 6.53. The van der Waals surface area contributed by atoms with Crippen molar-refractivity contribution in [3.63, 3.8) is 0 Å². The Kier molecular flexibility index (Phi) is 4.99. The number of aromatic nitrogens is 2. The Morgan fingerprint density at radius 3 is 2.74 bits per heavy atom. The van der Waals surface area contributed by atoms with E-state index in [4.69, 9.17) is 0 Å². The molecule has 0 saturated carbocycles. The van der Waals surface area contributed by atoms with Crippen LogP contribution in [-0.2, 0) is 19.4 Å². The van der Waals surface area contributed by atoms with Gasteiger partial charge in [0.1, 0.15) is 5.82 Å². The minimum Gasteiger partial charge on any atom is -0.390 e. The smallest absolute Gasteiger partial charge is 0.106 e. The molecule has 0 aromatic carbocycles. The van der Waals surface area contributed by atoms with Crippen LogP contribution >= 0.6 is 0 Å². The maximum atomic E-state index is 10.1. The van der Waals surface area contributed by atoms with Gasteiger partial charge in [-0.3, -0.25) is 0 Å². The monoisotopic (exact) mass is 265 g/mol. The molecule has 1 heterocycles. The Hall–Kier alpha value is -0.870. The van der Waals surface area contributed by atoms with E-state index in [1.165, 1.54) is 24.2 Å². The van der Waals surface area contributed by atoms with E-state index < -0.39 is 0 Å². The number of nitrogens with zero attached hydrogens (tertiary/aromatic N) is 2. The molecule has 108 valence electrons. The molecular weight excluding hydrogens is 238 g/mol. The van der Waals surface area contributed by atoms with Crippen molar-refractivity contribution in [2.24, 2.45) is 5.92 Å². The number of aryl methyl sites for hydroxylation is 2. The molecule has 1 unspecified atom stereocenters. The van der Waals surface area contributed by atoms with E-state index in [9.17, 15) is 5.11 Å². The van der Waals surface area contributed by atoms with Crippen molar-refractivity contribution in [3.05, 3.63) is 17.2 Å². The summed E-state index contributed by atoms with van der Waals surface area (Å²) in [7, 11) is 0. The minimum atomic E-state index is -0.335. The molecule has 4 heteroatoms. The number of fused-ring (bicyclic) bond motifs is 1. The summed E-state index contributed by atoms with van der Waals surface area (Å²) in [5.41, 5.74) is 2.61. The van der Waals surface area contributed by atoms with Gasteiger partial charge >= 0.3 is 0 Å². The topological polar surface area (TPSA) is 50.1 Å². The van der Waals surface area contributed by atoms with Crippen LogP contribution in [0.1, 0.15) is 43.9 Å². The molecular formula is C15H27N3O. The van der Waals surface area contributed by atoms with E-state index in [1.54, 1.807) is 0 Å². The van der Waals surface area contributed by atoms with Crippen molar-refractivity contribution in [2.45, 2.75) is 59.1 Å². The summed E-state index contributed by atoms with van der Waals surface area (Å²) in [6, 6.07) is 0. The largest absolute Gasteiger partial charge is 0.390 e. The van der Waals surface area contributed by atoms with Gasteiger partial charge in [-0.2, -0.15) is 0 Å². The van der Waals surface area contributed by atoms with Crippen LogP contribution in [0.5, 0.6) is 0 Å². The normalized spacial score (nSPS) is 16.7. The fourth-order valence-electron chi connectivity index (χ4n) is 2.79. The molecule has 1 aromatic rings. The third-order valence-corrected chi connectivity index (χ3v) is 3.75. The molecule has 0 fully saturated rings. The quantitative estimate of drug-likeness (QED) is 0.823. The zero-order valence-electron chi connectivity index (χ0n) is 12.4. The van der Waals surface area contributed by atoms with Crippen LogP contribution in [0.4, 0.5) is 0 Å². The van der Waals surface area contributed by atoms with Crippen LogP contribution in [0.3, 0.4) is 0 Å². The molecule has 2 N–H and O–H groups in total. The highest BCUT2D eigenvalue weighted by Gasteiger charge is 2.19. The lowest BCUT2D eigenvalue weighted by Crippen LogP contribution is -2.33. The van der Waals surface area contributed by atoms with Gasteiger partial charge in [-0.1, -0.05) is 13.8 Å². The average Bonchev–Trinajstić information content (AvgIpc) is 2.66. The van der Waals surface area contributed by atoms with E-state index in [2.05, 4.69) is 28.7 Å². The summed E-state index contributed by atoms with van der Waals surface area (Å²) in [6.07, 6.45) is 4.38. The van der Waals surface area contributed by atoms with Gasteiger partial charge in [0, 0.05) is 12.2 Å². The van der Waals surface area contributed by atoms with Gasteiger partial charge in [-0.15, -0.1) is 0 Å². The van der Waals surface area contributed by atoms with Crippen molar-refractivity contribution in [1.29, 1.82) is 0 Å². The summed E-state index contributed by atoms with van der Waals surface area (Å²) in [6.45, 7) is 8.68. The zero-order chi connectivity index (χ0) is 13.8. The molecule has 0 radical (unpaired) electrons. The molecule has 1 aromatic heterocycles. The van der Waals surface area contributed by atoms with Gasteiger partial charge in [0.25, 0.3) is 0 Å².